The number of aryl methyl sites for hydroxylation is 2. The molecule has 0 saturated heterocycles. The Balaban J connectivity index is 1.99. The Hall–Kier alpha value is -2.07. The van der Waals surface area contributed by atoms with Crippen molar-refractivity contribution < 1.29 is 5.11 Å². The summed E-state index contributed by atoms with van der Waals surface area (Å²) in [7, 11) is 1.99. The lowest BCUT2D eigenvalue weighted by Crippen LogP contribution is -2.04. The van der Waals surface area contributed by atoms with E-state index in [0.717, 1.165) is 29.7 Å². The summed E-state index contributed by atoms with van der Waals surface area (Å²) >= 11 is 0. The highest BCUT2D eigenvalue weighted by atomic mass is 16.3. The molecule has 4 nitrogen and oxygen atoms in total. The lowest BCUT2D eigenvalue weighted by Gasteiger charge is -2.06. The zero-order valence-electron chi connectivity index (χ0n) is 11.9. The van der Waals surface area contributed by atoms with E-state index in [1.807, 2.05) is 23.9 Å². The molecule has 0 bridgehead atoms. The van der Waals surface area contributed by atoms with Gasteiger partial charge in [0.2, 0.25) is 0 Å². The first kappa shape index (κ1) is 12.9. The van der Waals surface area contributed by atoms with E-state index >= 15 is 0 Å². The van der Waals surface area contributed by atoms with E-state index in [0.29, 0.717) is 0 Å². The topological polar surface area (TPSA) is 43.0 Å². The summed E-state index contributed by atoms with van der Waals surface area (Å²) in [6.45, 7) is 2.99. The molecule has 3 rings (SSSR count). The SMILES string of the molecule is CCc1cc(Cn2ccc3ccc(CO)cc32)n(C)n1. The second-order valence-electron chi connectivity index (χ2n) is 5.10. The first-order valence-electron chi connectivity index (χ1n) is 6.91. The van der Waals surface area contributed by atoms with Crippen LogP contribution < -0.4 is 0 Å². The molecule has 104 valence electrons. The van der Waals surface area contributed by atoms with Crippen molar-refractivity contribution in [1.29, 1.82) is 0 Å². The van der Waals surface area contributed by atoms with Crippen LogP contribution in [0.5, 0.6) is 0 Å². The first-order valence-corrected chi connectivity index (χ1v) is 6.91. The van der Waals surface area contributed by atoms with Gasteiger partial charge >= 0.3 is 0 Å². The van der Waals surface area contributed by atoms with E-state index < -0.39 is 0 Å². The maximum absolute atomic E-state index is 9.27. The summed E-state index contributed by atoms with van der Waals surface area (Å²) in [6, 6.07) is 10.3. The summed E-state index contributed by atoms with van der Waals surface area (Å²) < 4.78 is 4.14. The molecular weight excluding hydrogens is 250 g/mol. The van der Waals surface area contributed by atoms with Crippen LogP contribution in [0, 0.1) is 0 Å². The summed E-state index contributed by atoms with van der Waals surface area (Å²) in [5, 5.41) is 15.0. The smallest absolute Gasteiger partial charge is 0.0682 e. The number of hydrogen-bond donors (Lipinski definition) is 1. The molecule has 3 aromatic rings. The number of nitrogens with zero attached hydrogens (tertiary/aromatic N) is 3. The molecule has 0 aliphatic rings. The molecule has 2 heterocycles. The van der Waals surface area contributed by atoms with Crippen molar-refractivity contribution in [2.45, 2.75) is 26.5 Å². The van der Waals surface area contributed by atoms with Crippen LogP contribution in [0.25, 0.3) is 10.9 Å². The van der Waals surface area contributed by atoms with Crippen LogP contribution in [0.4, 0.5) is 0 Å². The van der Waals surface area contributed by atoms with Gasteiger partial charge in [-0.1, -0.05) is 19.1 Å². The number of benzene rings is 1. The van der Waals surface area contributed by atoms with Crippen LogP contribution >= 0.6 is 0 Å². The minimum Gasteiger partial charge on any atom is -0.392 e. The predicted octanol–water partition coefficient (Wildman–Crippen LogP) is 2.48. The van der Waals surface area contributed by atoms with E-state index in [1.54, 1.807) is 0 Å². The fourth-order valence-corrected chi connectivity index (χ4v) is 2.53. The number of aliphatic hydroxyl groups excluding tert-OH is 1. The molecule has 1 N–H and O–H groups in total. The minimum atomic E-state index is 0.0762. The Morgan fingerprint density at radius 2 is 2.05 bits per heavy atom. The van der Waals surface area contributed by atoms with Crippen molar-refractivity contribution in [1.82, 2.24) is 14.3 Å². The van der Waals surface area contributed by atoms with Gasteiger partial charge in [-0.2, -0.15) is 5.10 Å². The Bertz CT molecular complexity index is 739. The summed E-state index contributed by atoms with van der Waals surface area (Å²) in [5.74, 6) is 0. The third kappa shape index (κ3) is 2.23. The van der Waals surface area contributed by atoms with Gasteiger partial charge in [-0.25, -0.2) is 0 Å². The molecular formula is C16H19N3O. The summed E-state index contributed by atoms with van der Waals surface area (Å²) in [4.78, 5) is 0. The van der Waals surface area contributed by atoms with Crippen LogP contribution in [0.3, 0.4) is 0 Å². The number of aromatic nitrogens is 3. The minimum absolute atomic E-state index is 0.0762. The summed E-state index contributed by atoms with van der Waals surface area (Å²) in [5.41, 5.74) is 4.40. The van der Waals surface area contributed by atoms with E-state index in [9.17, 15) is 5.11 Å². The molecule has 0 radical (unpaired) electrons. The van der Waals surface area contributed by atoms with Crippen molar-refractivity contribution >= 4 is 10.9 Å². The average Bonchev–Trinajstić information content (AvgIpc) is 3.03. The summed E-state index contributed by atoms with van der Waals surface area (Å²) in [6.07, 6.45) is 3.04. The predicted molar refractivity (Wildman–Crippen MR) is 79.5 cm³/mol. The van der Waals surface area contributed by atoms with Gasteiger partial charge < -0.3 is 9.67 Å². The van der Waals surface area contributed by atoms with Gasteiger partial charge in [-0.05, 0) is 35.6 Å². The van der Waals surface area contributed by atoms with E-state index in [-0.39, 0.29) is 6.61 Å². The fourth-order valence-electron chi connectivity index (χ4n) is 2.53. The zero-order chi connectivity index (χ0) is 14.1. The van der Waals surface area contributed by atoms with Gasteiger partial charge in [0.15, 0.2) is 0 Å². The Morgan fingerprint density at radius 1 is 1.20 bits per heavy atom. The monoisotopic (exact) mass is 269 g/mol. The molecule has 0 saturated carbocycles. The third-order valence-corrected chi connectivity index (χ3v) is 3.74. The molecule has 0 aliphatic carbocycles. The maximum Gasteiger partial charge on any atom is 0.0682 e. The molecule has 0 aliphatic heterocycles. The second-order valence-corrected chi connectivity index (χ2v) is 5.10. The van der Waals surface area contributed by atoms with Crippen LogP contribution in [-0.2, 0) is 26.6 Å². The van der Waals surface area contributed by atoms with Crippen LogP contribution in [0.1, 0.15) is 23.9 Å². The highest BCUT2D eigenvalue weighted by Gasteiger charge is 2.07. The molecule has 0 atom stereocenters. The highest BCUT2D eigenvalue weighted by Crippen LogP contribution is 2.19. The molecule has 20 heavy (non-hydrogen) atoms. The van der Waals surface area contributed by atoms with Crippen molar-refractivity contribution in [3.8, 4) is 0 Å². The zero-order valence-corrected chi connectivity index (χ0v) is 11.9. The van der Waals surface area contributed by atoms with Crippen molar-refractivity contribution in [3.63, 3.8) is 0 Å². The lowest BCUT2D eigenvalue weighted by molar-refractivity contribution is 0.282. The van der Waals surface area contributed by atoms with Gasteiger partial charge in [0.05, 0.1) is 24.5 Å². The van der Waals surface area contributed by atoms with Crippen LogP contribution in [-0.4, -0.2) is 19.5 Å². The van der Waals surface area contributed by atoms with Crippen LogP contribution in [0.15, 0.2) is 36.5 Å². The Kier molecular flexibility index (Phi) is 3.32. The molecule has 2 aromatic heterocycles. The normalized spacial score (nSPS) is 11.3. The molecule has 0 unspecified atom stereocenters. The van der Waals surface area contributed by atoms with E-state index in [1.165, 1.54) is 11.1 Å². The van der Waals surface area contributed by atoms with Gasteiger partial charge in [0.25, 0.3) is 0 Å². The second kappa shape index (κ2) is 5.13. The quantitative estimate of drug-likeness (QED) is 0.790. The van der Waals surface area contributed by atoms with E-state index in [2.05, 4.69) is 41.0 Å². The Morgan fingerprint density at radius 3 is 2.75 bits per heavy atom. The lowest BCUT2D eigenvalue weighted by atomic mass is 10.2. The van der Waals surface area contributed by atoms with Crippen molar-refractivity contribution in [2.24, 2.45) is 7.05 Å². The average molecular weight is 269 g/mol. The van der Waals surface area contributed by atoms with E-state index in [4.69, 9.17) is 0 Å². The molecule has 0 spiro atoms. The maximum atomic E-state index is 9.27. The van der Waals surface area contributed by atoms with Crippen LogP contribution in [0.2, 0.25) is 0 Å². The molecule has 0 amide bonds. The van der Waals surface area contributed by atoms with Crippen molar-refractivity contribution in [3.05, 3.63) is 53.5 Å². The van der Waals surface area contributed by atoms with Gasteiger partial charge in [0, 0.05) is 18.8 Å². The number of rotatable bonds is 4. The number of fused-ring (bicyclic) bond motifs is 1. The largest absolute Gasteiger partial charge is 0.392 e. The fraction of sp³-hybridized carbons (Fsp3) is 0.312. The Labute approximate surface area is 118 Å². The van der Waals surface area contributed by atoms with Gasteiger partial charge in [0.1, 0.15) is 0 Å². The van der Waals surface area contributed by atoms with Gasteiger partial charge in [-0.15, -0.1) is 0 Å². The molecule has 1 aromatic carbocycles. The number of hydrogen-bond acceptors (Lipinski definition) is 2. The molecule has 4 heteroatoms. The standard InChI is InChI=1S/C16H19N3O/c1-3-14-9-15(18(2)17-14)10-19-7-6-13-5-4-12(11-20)8-16(13)19/h4-9,20H,3,10-11H2,1-2H3. The van der Waals surface area contributed by atoms with Crippen molar-refractivity contribution in [2.75, 3.05) is 0 Å². The first-order chi connectivity index (χ1) is 9.71. The molecule has 0 fully saturated rings. The van der Waals surface area contributed by atoms with Gasteiger partial charge in [-0.3, -0.25) is 4.68 Å². The third-order valence-electron chi connectivity index (χ3n) is 3.74. The number of aliphatic hydroxyl groups is 1. The highest BCUT2D eigenvalue weighted by molar-refractivity contribution is 5.80.